The molecule has 2 aromatic rings. The Morgan fingerprint density at radius 1 is 1.22 bits per heavy atom. The van der Waals surface area contributed by atoms with Gasteiger partial charge in [-0.25, -0.2) is 0 Å². The van der Waals surface area contributed by atoms with Crippen molar-refractivity contribution in [1.82, 2.24) is 0 Å². The van der Waals surface area contributed by atoms with Crippen molar-refractivity contribution in [3.63, 3.8) is 0 Å². The first-order chi connectivity index (χ1) is 8.66. The molecule has 18 heavy (non-hydrogen) atoms. The van der Waals surface area contributed by atoms with Gasteiger partial charge in [-0.05, 0) is 25.3 Å². The number of fused-ring (bicyclic) bond motifs is 2. The van der Waals surface area contributed by atoms with E-state index in [1.165, 1.54) is 18.2 Å². The van der Waals surface area contributed by atoms with Crippen LogP contribution in [-0.2, 0) is 12.8 Å². The molecule has 0 saturated carbocycles. The number of hydrogen-bond acceptors (Lipinski definition) is 4. The summed E-state index contributed by atoms with van der Waals surface area (Å²) >= 11 is 0. The molecule has 0 bridgehead atoms. The number of aryl methyl sites for hydroxylation is 1. The molecule has 0 atom stereocenters. The first-order valence-corrected chi connectivity index (χ1v) is 5.90. The highest BCUT2D eigenvalue weighted by Crippen LogP contribution is 2.25. The van der Waals surface area contributed by atoms with E-state index in [-0.39, 0.29) is 11.1 Å². The van der Waals surface area contributed by atoms with E-state index < -0.39 is 4.92 Å². The van der Waals surface area contributed by atoms with Gasteiger partial charge in [-0.3, -0.25) is 14.9 Å². The molecular weight excluding hydrogens is 234 g/mol. The fourth-order valence-corrected chi connectivity index (χ4v) is 2.42. The SMILES string of the molecule is O=c1c2c(oc3ccc([N+](=O)[O-])cc13)CCCC2. The summed E-state index contributed by atoms with van der Waals surface area (Å²) < 4.78 is 5.68. The van der Waals surface area contributed by atoms with Crippen molar-refractivity contribution in [3.05, 3.63) is 49.9 Å². The van der Waals surface area contributed by atoms with E-state index in [9.17, 15) is 14.9 Å². The summed E-state index contributed by atoms with van der Waals surface area (Å²) in [5.41, 5.74) is 0.931. The number of non-ortho nitro benzene ring substituents is 1. The molecule has 3 rings (SSSR count). The van der Waals surface area contributed by atoms with Crippen molar-refractivity contribution in [2.24, 2.45) is 0 Å². The topological polar surface area (TPSA) is 73.3 Å². The minimum Gasteiger partial charge on any atom is -0.461 e. The van der Waals surface area contributed by atoms with Crippen molar-refractivity contribution in [2.45, 2.75) is 25.7 Å². The maximum Gasteiger partial charge on any atom is 0.270 e. The van der Waals surface area contributed by atoms with E-state index in [2.05, 4.69) is 0 Å². The highest BCUT2D eigenvalue weighted by Gasteiger charge is 2.19. The number of benzene rings is 1. The summed E-state index contributed by atoms with van der Waals surface area (Å²) in [6.45, 7) is 0. The molecule has 0 unspecified atom stereocenters. The zero-order chi connectivity index (χ0) is 12.7. The molecule has 0 spiro atoms. The number of nitro groups is 1. The molecule has 1 heterocycles. The highest BCUT2D eigenvalue weighted by molar-refractivity contribution is 5.80. The Morgan fingerprint density at radius 2 is 2.00 bits per heavy atom. The molecule has 0 aliphatic heterocycles. The number of rotatable bonds is 1. The predicted molar refractivity (Wildman–Crippen MR) is 65.8 cm³/mol. The molecule has 0 fully saturated rings. The summed E-state index contributed by atoms with van der Waals surface area (Å²) in [5.74, 6) is 0.743. The van der Waals surface area contributed by atoms with Gasteiger partial charge in [0.1, 0.15) is 11.3 Å². The zero-order valence-corrected chi connectivity index (χ0v) is 9.64. The lowest BCUT2D eigenvalue weighted by Gasteiger charge is -2.13. The summed E-state index contributed by atoms with van der Waals surface area (Å²) in [4.78, 5) is 22.5. The van der Waals surface area contributed by atoms with Gasteiger partial charge in [-0.2, -0.15) is 0 Å². The maximum absolute atomic E-state index is 12.3. The van der Waals surface area contributed by atoms with Crippen LogP contribution in [0.4, 0.5) is 5.69 Å². The van der Waals surface area contributed by atoms with Gasteiger partial charge in [0.15, 0.2) is 5.43 Å². The molecule has 0 N–H and O–H groups in total. The Labute approximate surface area is 102 Å². The third kappa shape index (κ3) is 1.59. The molecule has 1 aliphatic carbocycles. The normalized spacial score (nSPS) is 14.4. The van der Waals surface area contributed by atoms with E-state index >= 15 is 0 Å². The second-order valence-corrected chi connectivity index (χ2v) is 4.48. The summed E-state index contributed by atoms with van der Waals surface area (Å²) in [7, 11) is 0. The van der Waals surface area contributed by atoms with Gasteiger partial charge in [0.25, 0.3) is 5.69 Å². The average Bonchev–Trinajstić information content (AvgIpc) is 2.38. The summed E-state index contributed by atoms with van der Waals surface area (Å²) in [6, 6.07) is 4.17. The van der Waals surface area contributed by atoms with Crippen molar-refractivity contribution >= 4 is 16.7 Å². The van der Waals surface area contributed by atoms with Crippen molar-refractivity contribution in [3.8, 4) is 0 Å². The van der Waals surface area contributed by atoms with Crippen molar-refractivity contribution in [2.75, 3.05) is 0 Å². The zero-order valence-electron chi connectivity index (χ0n) is 9.64. The predicted octanol–water partition coefficient (Wildman–Crippen LogP) is 2.58. The van der Waals surface area contributed by atoms with Gasteiger partial charge >= 0.3 is 0 Å². The number of nitrogens with zero attached hydrogens (tertiary/aromatic N) is 1. The van der Waals surface area contributed by atoms with Gasteiger partial charge in [0.2, 0.25) is 0 Å². The quantitative estimate of drug-likeness (QED) is 0.571. The Morgan fingerprint density at radius 3 is 2.78 bits per heavy atom. The van der Waals surface area contributed by atoms with E-state index in [0.29, 0.717) is 23.0 Å². The molecule has 1 aromatic carbocycles. The largest absolute Gasteiger partial charge is 0.461 e. The third-order valence-corrected chi connectivity index (χ3v) is 3.34. The van der Waals surface area contributed by atoms with Crippen molar-refractivity contribution in [1.29, 1.82) is 0 Å². The van der Waals surface area contributed by atoms with Crippen LogP contribution in [0.3, 0.4) is 0 Å². The lowest BCUT2D eigenvalue weighted by molar-refractivity contribution is -0.384. The molecule has 0 amide bonds. The van der Waals surface area contributed by atoms with Crippen molar-refractivity contribution < 1.29 is 9.34 Å². The lowest BCUT2D eigenvalue weighted by Crippen LogP contribution is -2.16. The average molecular weight is 245 g/mol. The standard InChI is InChI=1S/C13H11NO4/c15-13-9-3-1-2-4-11(9)18-12-6-5-8(14(16)17)7-10(12)13/h5-7H,1-4H2. The number of hydrogen-bond donors (Lipinski definition) is 0. The van der Waals surface area contributed by atoms with Gasteiger partial charge in [0, 0.05) is 24.1 Å². The van der Waals surface area contributed by atoms with E-state index in [1.54, 1.807) is 0 Å². The van der Waals surface area contributed by atoms with Crippen LogP contribution in [-0.4, -0.2) is 4.92 Å². The third-order valence-electron chi connectivity index (χ3n) is 3.34. The van der Waals surface area contributed by atoms with Crippen LogP contribution in [0.1, 0.15) is 24.2 Å². The van der Waals surface area contributed by atoms with Crippen LogP contribution < -0.4 is 5.43 Å². The van der Waals surface area contributed by atoms with E-state index in [4.69, 9.17) is 4.42 Å². The molecule has 1 aliphatic rings. The molecule has 5 nitrogen and oxygen atoms in total. The fourth-order valence-electron chi connectivity index (χ4n) is 2.42. The van der Waals surface area contributed by atoms with Gasteiger partial charge in [0.05, 0.1) is 10.3 Å². The lowest BCUT2D eigenvalue weighted by atomic mass is 9.95. The summed E-state index contributed by atoms with van der Waals surface area (Å²) in [6.07, 6.45) is 3.47. The maximum atomic E-state index is 12.3. The van der Waals surface area contributed by atoms with Gasteiger partial charge in [-0.15, -0.1) is 0 Å². The van der Waals surface area contributed by atoms with E-state index in [0.717, 1.165) is 25.0 Å². The van der Waals surface area contributed by atoms with Crippen LogP contribution in [0.15, 0.2) is 27.4 Å². The van der Waals surface area contributed by atoms with E-state index in [1.807, 2.05) is 0 Å². The van der Waals surface area contributed by atoms with Gasteiger partial charge in [-0.1, -0.05) is 0 Å². The Balaban J connectivity index is 2.33. The molecule has 92 valence electrons. The molecule has 5 heteroatoms. The van der Waals surface area contributed by atoms with Crippen LogP contribution in [0.2, 0.25) is 0 Å². The molecule has 1 aromatic heterocycles. The smallest absolute Gasteiger partial charge is 0.270 e. The Hall–Kier alpha value is -2.17. The van der Waals surface area contributed by atoms with Crippen LogP contribution in [0, 0.1) is 10.1 Å². The first-order valence-electron chi connectivity index (χ1n) is 5.90. The Kier molecular flexibility index (Phi) is 2.40. The summed E-state index contributed by atoms with van der Waals surface area (Å²) in [5, 5.41) is 11.0. The molecule has 0 saturated heterocycles. The minimum absolute atomic E-state index is 0.0782. The number of nitro benzene ring substituents is 1. The second kappa shape index (κ2) is 3.94. The highest BCUT2D eigenvalue weighted by atomic mass is 16.6. The van der Waals surface area contributed by atoms with Crippen LogP contribution in [0.25, 0.3) is 11.0 Å². The van der Waals surface area contributed by atoms with Crippen LogP contribution >= 0.6 is 0 Å². The molecule has 0 radical (unpaired) electrons. The Bertz CT molecular complexity index is 702. The van der Waals surface area contributed by atoms with Crippen LogP contribution in [0.5, 0.6) is 0 Å². The minimum atomic E-state index is -0.502. The second-order valence-electron chi connectivity index (χ2n) is 4.48. The fraction of sp³-hybridized carbons (Fsp3) is 0.308. The first kappa shape index (κ1) is 11.0. The molecular formula is C13H11NO4. The van der Waals surface area contributed by atoms with Gasteiger partial charge < -0.3 is 4.42 Å². The monoisotopic (exact) mass is 245 g/mol.